The predicted molar refractivity (Wildman–Crippen MR) is 247 cm³/mol. The van der Waals surface area contributed by atoms with Crippen LogP contribution in [-0.4, -0.2) is 74.5 Å². The van der Waals surface area contributed by atoms with Crippen molar-refractivity contribution < 1.29 is 38.1 Å². The van der Waals surface area contributed by atoms with Crippen LogP contribution >= 0.6 is 0 Å². The van der Waals surface area contributed by atoms with Crippen molar-refractivity contribution in [2.45, 2.75) is 264 Å². The molecular weight excluding hydrogens is 757 g/mol. The molecule has 0 spiro atoms. The number of hydrogen-bond donors (Lipinski definition) is 2. The summed E-state index contributed by atoms with van der Waals surface area (Å²) < 4.78 is 23.5. The van der Waals surface area contributed by atoms with Gasteiger partial charge in [-0.15, -0.1) is 0 Å². The smallest absolute Gasteiger partial charge is 0.306 e. The van der Waals surface area contributed by atoms with Crippen molar-refractivity contribution in [2.24, 2.45) is 0 Å². The number of methoxy groups -OCH3 is 1. The van der Waals surface area contributed by atoms with Gasteiger partial charge in [-0.05, 0) is 51.4 Å². The summed E-state index contributed by atoms with van der Waals surface area (Å²) in [5, 5.41) is 5.76. The summed E-state index contributed by atoms with van der Waals surface area (Å²) in [6, 6.07) is 0. The molecule has 0 aliphatic heterocycles. The van der Waals surface area contributed by atoms with E-state index in [4.69, 9.17) is 18.9 Å². The average molecular weight is 853 g/mol. The van der Waals surface area contributed by atoms with E-state index in [2.05, 4.69) is 52.2 Å². The second kappa shape index (κ2) is 39.6. The monoisotopic (exact) mass is 853 g/mol. The molecule has 0 aliphatic rings. The van der Waals surface area contributed by atoms with Crippen LogP contribution in [0.3, 0.4) is 0 Å². The minimum atomic E-state index is -0.788. The van der Waals surface area contributed by atoms with Crippen molar-refractivity contribution in [3.05, 3.63) is 0 Å². The molecule has 0 aromatic rings. The van der Waals surface area contributed by atoms with Crippen molar-refractivity contribution in [1.29, 1.82) is 0 Å². The largest absolute Gasteiger partial charge is 0.462 e. The van der Waals surface area contributed by atoms with E-state index in [1.54, 1.807) is 7.11 Å². The van der Waals surface area contributed by atoms with Gasteiger partial charge < -0.3 is 29.6 Å². The van der Waals surface area contributed by atoms with E-state index < -0.39 is 6.10 Å². The molecule has 10 nitrogen and oxygen atoms in total. The van der Waals surface area contributed by atoms with E-state index in [0.717, 1.165) is 70.6 Å². The zero-order valence-corrected chi connectivity index (χ0v) is 40.3. The maximum absolute atomic E-state index is 12.8. The lowest BCUT2D eigenvalue weighted by Gasteiger charge is -2.35. The lowest BCUT2D eigenvalue weighted by Crippen LogP contribution is -2.40. The highest BCUT2D eigenvalue weighted by Crippen LogP contribution is 2.29. The van der Waals surface area contributed by atoms with Gasteiger partial charge >= 0.3 is 11.9 Å². The molecule has 0 rings (SSSR count). The first kappa shape index (κ1) is 57.8. The Hall–Kier alpha value is -2.20. The second-order valence-corrected chi connectivity index (χ2v) is 17.4. The van der Waals surface area contributed by atoms with Gasteiger partial charge in [-0.1, -0.05) is 170 Å². The van der Waals surface area contributed by atoms with Gasteiger partial charge in [-0.25, -0.2) is 0 Å². The normalized spacial score (nSPS) is 12.3. The molecule has 10 heteroatoms. The molecule has 0 aromatic carbocycles. The third kappa shape index (κ3) is 31.6. The molecule has 0 bridgehead atoms. The number of esters is 2. The molecule has 0 saturated heterocycles. The zero-order valence-electron chi connectivity index (χ0n) is 40.3. The molecule has 354 valence electrons. The quantitative estimate of drug-likeness (QED) is 0.0458. The first-order valence-corrected chi connectivity index (χ1v) is 25.2. The van der Waals surface area contributed by atoms with Crippen LogP contribution < -0.4 is 10.6 Å². The van der Waals surface area contributed by atoms with E-state index in [1.165, 1.54) is 103 Å². The highest BCUT2D eigenvalue weighted by molar-refractivity contribution is 5.83. The molecule has 2 amide bonds. The summed E-state index contributed by atoms with van der Waals surface area (Å²) in [5.74, 6) is -1.19. The van der Waals surface area contributed by atoms with Crippen LogP contribution in [0.4, 0.5) is 0 Å². The van der Waals surface area contributed by atoms with Gasteiger partial charge in [-0.2, -0.15) is 0 Å². The number of amides is 2. The summed E-state index contributed by atoms with van der Waals surface area (Å²) in [7, 11) is 1.77. The van der Waals surface area contributed by atoms with Crippen LogP contribution in [0.25, 0.3) is 0 Å². The highest BCUT2D eigenvalue weighted by Gasteiger charge is 2.30. The Morgan fingerprint density at radius 3 is 1.33 bits per heavy atom. The van der Waals surface area contributed by atoms with Crippen molar-refractivity contribution in [2.75, 3.05) is 33.4 Å². The van der Waals surface area contributed by atoms with Gasteiger partial charge in [0.15, 0.2) is 6.10 Å². The first-order valence-electron chi connectivity index (χ1n) is 25.2. The molecule has 0 heterocycles. The minimum Gasteiger partial charge on any atom is -0.462 e. The Labute approximate surface area is 369 Å². The van der Waals surface area contributed by atoms with Crippen LogP contribution in [0.15, 0.2) is 0 Å². The SMILES string of the molecule is CCCCCCCCCCCCCC(=O)OCC(CNC(=O)CCC(=O)NCCC(CC)(CC)OCCC(CC)(CC)OC)OC(=O)CCCCCCCCCCCCC. The Morgan fingerprint density at radius 1 is 0.483 bits per heavy atom. The maximum Gasteiger partial charge on any atom is 0.306 e. The molecule has 1 atom stereocenters. The topological polar surface area (TPSA) is 129 Å². The Balaban J connectivity index is 4.79. The van der Waals surface area contributed by atoms with E-state index in [1.807, 2.05) is 0 Å². The third-order valence-corrected chi connectivity index (χ3v) is 12.7. The second-order valence-electron chi connectivity index (χ2n) is 17.4. The number of carbonyl (C=O) groups is 4. The van der Waals surface area contributed by atoms with Gasteiger partial charge in [0, 0.05) is 39.3 Å². The standard InChI is InChI=1S/C50H96N2O8/c1-8-14-16-18-20-22-24-26-28-30-32-34-47(55)58-43-44(60-48(56)35-33-31-29-27-25-23-21-19-17-15-9-2)42-52-46(54)37-36-45(53)51-40-38-50(12-5,13-6)59-41-39-49(10-3,11-4)57-7/h44H,8-43H2,1-7H3,(H,51,53)(H,52,54). The highest BCUT2D eigenvalue weighted by atomic mass is 16.6. The summed E-state index contributed by atoms with van der Waals surface area (Å²) in [5.41, 5.74) is -0.506. The first-order chi connectivity index (χ1) is 29.1. The number of ether oxygens (including phenoxy) is 4. The fraction of sp³-hybridized carbons (Fsp3) is 0.920. The molecule has 0 fully saturated rings. The number of unbranched alkanes of at least 4 members (excludes halogenated alkanes) is 20. The number of rotatable bonds is 44. The summed E-state index contributed by atoms with van der Waals surface area (Å²) in [6.45, 7) is 14.0. The van der Waals surface area contributed by atoms with Crippen LogP contribution in [0, 0.1) is 0 Å². The Bertz CT molecular complexity index is 1040. The molecule has 0 aliphatic carbocycles. The van der Waals surface area contributed by atoms with E-state index in [0.29, 0.717) is 32.4 Å². The van der Waals surface area contributed by atoms with Crippen molar-refractivity contribution in [3.63, 3.8) is 0 Å². The van der Waals surface area contributed by atoms with Crippen molar-refractivity contribution in [3.8, 4) is 0 Å². The number of hydrogen-bond acceptors (Lipinski definition) is 8. The molecule has 60 heavy (non-hydrogen) atoms. The maximum atomic E-state index is 12.8. The summed E-state index contributed by atoms with van der Waals surface area (Å²) >= 11 is 0. The van der Waals surface area contributed by atoms with Crippen LogP contribution in [-0.2, 0) is 38.1 Å². The van der Waals surface area contributed by atoms with E-state index >= 15 is 0 Å². The van der Waals surface area contributed by atoms with Gasteiger partial charge in [0.25, 0.3) is 0 Å². The van der Waals surface area contributed by atoms with E-state index in [9.17, 15) is 19.2 Å². The minimum absolute atomic E-state index is 0.000217. The fourth-order valence-electron chi connectivity index (χ4n) is 7.89. The predicted octanol–water partition coefficient (Wildman–Crippen LogP) is 12.4. The molecule has 0 saturated carbocycles. The summed E-state index contributed by atoms with van der Waals surface area (Å²) in [4.78, 5) is 51.0. The number of nitrogens with one attached hydrogen (secondary N) is 2. The third-order valence-electron chi connectivity index (χ3n) is 12.7. The molecular formula is C50H96N2O8. The molecule has 0 radical (unpaired) electrons. The van der Waals surface area contributed by atoms with Gasteiger partial charge in [0.2, 0.25) is 11.8 Å². The number of carbonyl (C=O) groups excluding carboxylic acids is 4. The average Bonchev–Trinajstić information content (AvgIpc) is 3.26. The summed E-state index contributed by atoms with van der Waals surface area (Å²) in [6.07, 6.45) is 31.2. The Kier molecular flexibility index (Phi) is 38.2. The van der Waals surface area contributed by atoms with Crippen molar-refractivity contribution >= 4 is 23.8 Å². The zero-order chi connectivity index (χ0) is 44.6. The lowest BCUT2D eigenvalue weighted by atomic mass is 9.91. The van der Waals surface area contributed by atoms with Crippen molar-refractivity contribution in [1.82, 2.24) is 10.6 Å². The van der Waals surface area contributed by atoms with Crippen LogP contribution in [0.1, 0.15) is 247 Å². The molecule has 1 unspecified atom stereocenters. The van der Waals surface area contributed by atoms with Gasteiger partial charge in [-0.3, -0.25) is 19.2 Å². The lowest BCUT2D eigenvalue weighted by molar-refractivity contribution is -0.159. The van der Waals surface area contributed by atoms with Gasteiger partial charge in [0.1, 0.15) is 6.61 Å². The fourth-order valence-corrected chi connectivity index (χ4v) is 7.89. The van der Waals surface area contributed by atoms with Gasteiger partial charge in [0.05, 0.1) is 24.4 Å². The van der Waals surface area contributed by atoms with E-state index in [-0.39, 0.29) is 60.9 Å². The Morgan fingerprint density at radius 2 is 0.900 bits per heavy atom. The molecule has 2 N–H and O–H groups in total. The van der Waals surface area contributed by atoms with Crippen LogP contribution in [0.5, 0.6) is 0 Å². The van der Waals surface area contributed by atoms with Crippen LogP contribution in [0.2, 0.25) is 0 Å². The molecule has 0 aromatic heterocycles.